The van der Waals surface area contributed by atoms with Gasteiger partial charge < -0.3 is 4.74 Å². The van der Waals surface area contributed by atoms with E-state index in [1.165, 1.54) is 13.1 Å². The standard InChI is InChI=1S/C26H32BrFN4O4S/c1-24(2,3)36-23(33)29-22-30-25(4,20-15-19(27)11-12-21(20)28)26(37(34,35)31(22)5)13-14-32(17-26)16-18-9-7-6-8-10-18/h6-12,15H,13-14,16-17H2,1-5H3,(H,29,30,33)/t25-,26?/m1/s1. The average Bonchev–Trinajstić information content (AvgIpc) is 3.24. The molecule has 1 unspecified atom stereocenters. The fraction of sp³-hybridized carbons (Fsp3) is 0.462. The summed E-state index contributed by atoms with van der Waals surface area (Å²) in [5.41, 5.74) is -1.18. The third-order valence-electron chi connectivity index (χ3n) is 6.99. The van der Waals surface area contributed by atoms with E-state index in [2.05, 4.69) is 26.1 Å². The molecule has 0 aliphatic carbocycles. The molecule has 11 heteroatoms. The molecule has 0 radical (unpaired) electrons. The molecular weight excluding hydrogens is 563 g/mol. The fourth-order valence-electron chi connectivity index (χ4n) is 5.13. The van der Waals surface area contributed by atoms with Crippen molar-refractivity contribution in [1.29, 1.82) is 0 Å². The van der Waals surface area contributed by atoms with Crippen molar-refractivity contribution < 1.29 is 22.3 Å². The van der Waals surface area contributed by atoms with Crippen LogP contribution in [-0.4, -0.2) is 60.2 Å². The molecule has 0 saturated carbocycles. The molecule has 1 spiro atoms. The van der Waals surface area contributed by atoms with E-state index in [1.807, 2.05) is 30.3 Å². The Kier molecular flexibility index (Phi) is 7.19. The second-order valence-corrected chi connectivity index (χ2v) is 13.9. The minimum atomic E-state index is -4.14. The first-order valence-corrected chi connectivity index (χ1v) is 14.2. The Labute approximate surface area is 226 Å². The van der Waals surface area contributed by atoms with Gasteiger partial charge in [0, 0.05) is 36.7 Å². The number of carbonyl (C=O) groups excluding carboxylic acids is 1. The fourth-order valence-corrected chi connectivity index (χ4v) is 7.68. The van der Waals surface area contributed by atoms with Crippen LogP contribution in [0, 0.1) is 5.82 Å². The number of ether oxygens (including phenoxy) is 1. The van der Waals surface area contributed by atoms with Crippen molar-refractivity contribution in [3.05, 3.63) is 69.9 Å². The first-order valence-electron chi connectivity index (χ1n) is 12.0. The van der Waals surface area contributed by atoms with Crippen LogP contribution in [0.4, 0.5) is 9.18 Å². The predicted molar refractivity (Wildman–Crippen MR) is 144 cm³/mol. The SMILES string of the molecule is CN1C(NC(=O)OC(C)(C)C)=N[C@](C)(c2cc(Br)ccc2F)C2(CCN(Cc3ccccc3)C2)S1(=O)=O. The van der Waals surface area contributed by atoms with Gasteiger partial charge >= 0.3 is 6.09 Å². The summed E-state index contributed by atoms with van der Waals surface area (Å²) in [4.78, 5) is 19.4. The van der Waals surface area contributed by atoms with Crippen LogP contribution >= 0.6 is 15.9 Å². The molecule has 0 bridgehead atoms. The summed E-state index contributed by atoms with van der Waals surface area (Å²) >= 11 is 3.39. The van der Waals surface area contributed by atoms with Gasteiger partial charge in [-0.3, -0.25) is 10.2 Å². The molecule has 1 N–H and O–H groups in total. The molecule has 1 amide bonds. The summed E-state index contributed by atoms with van der Waals surface area (Å²) in [6.07, 6.45) is -0.614. The quantitative estimate of drug-likeness (QED) is 0.560. The van der Waals surface area contributed by atoms with Crippen LogP contribution in [0.25, 0.3) is 0 Å². The molecule has 2 heterocycles. The normalized spacial score (nSPS) is 25.7. The molecule has 2 aromatic rings. The number of halogens is 2. The van der Waals surface area contributed by atoms with Crippen molar-refractivity contribution in [3.8, 4) is 0 Å². The van der Waals surface area contributed by atoms with Crippen LogP contribution < -0.4 is 5.32 Å². The van der Waals surface area contributed by atoms with Gasteiger partial charge in [0.15, 0.2) is 0 Å². The van der Waals surface area contributed by atoms with Gasteiger partial charge in [0.25, 0.3) is 0 Å². The monoisotopic (exact) mass is 594 g/mol. The number of carbonyl (C=O) groups is 1. The number of likely N-dealkylation sites (tertiary alicyclic amines) is 1. The Bertz CT molecular complexity index is 1330. The maximum atomic E-state index is 15.4. The van der Waals surface area contributed by atoms with Gasteiger partial charge in [-0.25, -0.2) is 26.9 Å². The van der Waals surface area contributed by atoms with Crippen molar-refractivity contribution in [2.75, 3.05) is 20.1 Å². The predicted octanol–water partition coefficient (Wildman–Crippen LogP) is 4.60. The van der Waals surface area contributed by atoms with Crippen LogP contribution in [-0.2, 0) is 26.8 Å². The van der Waals surface area contributed by atoms with E-state index in [1.54, 1.807) is 39.8 Å². The Morgan fingerprint density at radius 3 is 2.54 bits per heavy atom. The van der Waals surface area contributed by atoms with Crippen molar-refractivity contribution in [1.82, 2.24) is 14.5 Å². The van der Waals surface area contributed by atoms with Gasteiger partial charge in [-0.05, 0) is 57.9 Å². The Morgan fingerprint density at radius 1 is 1.22 bits per heavy atom. The smallest absolute Gasteiger partial charge is 0.414 e. The Morgan fingerprint density at radius 2 is 1.89 bits per heavy atom. The van der Waals surface area contributed by atoms with Gasteiger partial charge in [0.05, 0.1) is 0 Å². The number of alkyl carbamates (subject to hydrolysis) is 1. The number of hydrogen-bond donors (Lipinski definition) is 1. The van der Waals surface area contributed by atoms with Crippen LogP contribution in [0.2, 0.25) is 0 Å². The zero-order valence-corrected chi connectivity index (χ0v) is 24.0. The van der Waals surface area contributed by atoms with E-state index >= 15 is 4.39 Å². The summed E-state index contributed by atoms with van der Waals surface area (Å²) in [6, 6.07) is 14.2. The minimum Gasteiger partial charge on any atom is -0.444 e. The Hall–Kier alpha value is -2.50. The molecule has 2 aromatic carbocycles. The summed E-state index contributed by atoms with van der Waals surface area (Å²) in [5, 5.41) is 2.49. The van der Waals surface area contributed by atoms with Crippen LogP contribution in [0.3, 0.4) is 0 Å². The summed E-state index contributed by atoms with van der Waals surface area (Å²) in [6.45, 7) is 7.90. The summed E-state index contributed by atoms with van der Waals surface area (Å²) in [5.74, 6) is -0.796. The molecule has 2 aliphatic rings. The van der Waals surface area contributed by atoms with E-state index in [0.29, 0.717) is 17.6 Å². The highest BCUT2D eigenvalue weighted by atomic mass is 79.9. The number of rotatable bonds is 3. The molecule has 37 heavy (non-hydrogen) atoms. The van der Waals surface area contributed by atoms with E-state index < -0.39 is 37.8 Å². The lowest BCUT2D eigenvalue weighted by Crippen LogP contribution is -2.66. The Balaban J connectivity index is 1.84. The number of sulfonamides is 1. The minimum absolute atomic E-state index is 0.128. The van der Waals surface area contributed by atoms with Crippen LogP contribution in [0.15, 0.2) is 58.0 Å². The zero-order valence-electron chi connectivity index (χ0n) is 21.6. The first kappa shape index (κ1) is 27.5. The number of amides is 1. The lowest BCUT2D eigenvalue weighted by Gasteiger charge is -2.49. The highest BCUT2D eigenvalue weighted by Gasteiger charge is 2.66. The molecule has 200 valence electrons. The maximum absolute atomic E-state index is 15.4. The lowest BCUT2D eigenvalue weighted by molar-refractivity contribution is 0.0558. The second-order valence-electron chi connectivity index (χ2n) is 10.7. The molecule has 2 atom stereocenters. The molecule has 2 aliphatic heterocycles. The third-order valence-corrected chi connectivity index (χ3v) is 10.1. The van der Waals surface area contributed by atoms with E-state index in [9.17, 15) is 13.2 Å². The van der Waals surface area contributed by atoms with Crippen LogP contribution in [0.1, 0.15) is 45.2 Å². The number of guanidine groups is 1. The average molecular weight is 596 g/mol. The molecule has 4 rings (SSSR count). The van der Waals surface area contributed by atoms with Crippen molar-refractivity contribution >= 4 is 38.0 Å². The maximum Gasteiger partial charge on any atom is 0.414 e. The number of nitrogens with one attached hydrogen (secondary N) is 1. The van der Waals surface area contributed by atoms with Gasteiger partial charge in [-0.15, -0.1) is 0 Å². The number of hydrogen-bond acceptors (Lipinski definition) is 6. The topological polar surface area (TPSA) is 91.3 Å². The van der Waals surface area contributed by atoms with E-state index in [4.69, 9.17) is 9.73 Å². The van der Waals surface area contributed by atoms with E-state index in [0.717, 1.165) is 9.87 Å². The molecule has 1 fully saturated rings. The van der Waals surface area contributed by atoms with Crippen molar-refractivity contribution in [2.45, 2.75) is 56.5 Å². The van der Waals surface area contributed by atoms with Gasteiger partial charge in [0.1, 0.15) is 21.7 Å². The third kappa shape index (κ3) is 5.00. The largest absolute Gasteiger partial charge is 0.444 e. The summed E-state index contributed by atoms with van der Waals surface area (Å²) < 4.78 is 49.4. The molecular formula is C26H32BrFN4O4S. The first-order chi connectivity index (χ1) is 17.2. The van der Waals surface area contributed by atoms with Crippen molar-refractivity contribution in [2.24, 2.45) is 4.99 Å². The van der Waals surface area contributed by atoms with Crippen LogP contribution in [0.5, 0.6) is 0 Å². The highest BCUT2D eigenvalue weighted by Crippen LogP contribution is 2.52. The van der Waals surface area contributed by atoms with Gasteiger partial charge in [-0.2, -0.15) is 0 Å². The number of benzene rings is 2. The zero-order chi connectivity index (χ0) is 27.2. The number of aliphatic imine (C=N–C) groups is 1. The van der Waals surface area contributed by atoms with Gasteiger partial charge in [0.2, 0.25) is 16.0 Å². The van der Waals surface area contributed by atoms with Crippen molar-refractivity contribution in [3.63, 3.8) is 0 Å². The van der Waals surface area contributed by atoms with E-state index in [-0.39, 0.29) is 24.5 Å². The lowest BCUT2D eigenvalue weighted by atomic mass is 9.78. The highest BCUT2D eigenvalue weighted by molar-refractivity contribution is 9.10. The number of nitrogens with zero attached hydrogens (tertiary/aromatic N) is 3. The van der Waals surface area contributed by atoms with Gasteiger partial charge in [-0.1, -0.05) is 46.3 Å². The summed E-state index contributed by atoms with van der Waals surface area (Å²) in [7, 11) is -2.79. The molecule has 8 nitrogen and oxygen atoms in total. The molecule has 1 saturated heterocycles. The molecule has 0 aromatic heterocycles. The second kappa shape index (κ2) is 9.67.